The van der Waals surface area contributed by atoms with Gasteiger partial charge in [-0.05, 0) is 49.2 Å². The van der Waals surface area contributed by atoms with Crippen LogP contribution in [0.2, 0.25) is 23.2 Å². The average molecular weight is 424 g/mol. The van der Waals surface area contributed by atoms with Crippen molar-refractivity contribution in [2.24, 2.45) is 4.99 Å². The first-order valence-corrected chi connectivity index (χ1v) is 12.9. The maximum absolute atomic E-state index is 12.3. The van der Waals surface area contributed by atoms with Crippen molar-refractivity contribution in [1.82, 2.24) is 0 Å². The molecule has 0 spiro atoms. The number of halogens is 1. The fourth-order valence-corrected chi connectivity index (χ4v) is 3.39. The molecule has 156 valence electrons. The van der Waals surface area contributed by atoms with Gasteiger partial charge in [-0.15, -0.1) is 0 Å². The van der Waals surface area contributed by atoms with Crippen LogP contribution in [0, 0.1) is 0 Å². The lowest BCUT2D eigenvalue weighted by atomic mass is 9.98. The lowest BCUT2D eigenvalue weighted by Crippen LogP contribution is -2.40. The van der Waals surface area contributed by atoms with Crippen LogP contribution >= 0.6 is 11.6 Å². The minimum absolute atomic E-state index is 0.205. The number of ether oxygens (including phenoxy) is 1. The third-order valence-electron chi connectivity index (χ3n) is 5.23. The summed E-state index contributed by atoms with van der Waals surface area (Å²) in [6.07, 6.45) is 6.98. The van der Waals surface area contributed by atoms with E-state index in [0.717, 1.165) is 12.0 Å². The number of rotatable bonds is 9. The van der Waals surface area contributed by atoms with E-state index in [1.165, 1.54) is 7.11 Å². The van der Waals surface area contributed by atoms with Crippen molar-refractivity contribution >= 4 is 32.1 Å². The normalized spacial score (nSPS) is 15.1. The fraction of sp³-hybridized carbons (Fsp3) is 0.545. The van der Waals surface area contributed by atoms with Crippen LogP contribution in [0.5, 0.6) is 0 Å². The fourth-order valence-electron chi connectivity index (χ4n) is 2.20. The van der Waals surface area contributed by atoms with Crippen molar-refractivity contribution in [3.63, 3.8) is 0 Å². The van der Waals surface area contributed by atoms with E-state index >= 15 is 0 Å². The molecule has 0 amide bonds. The number of nitrogens with zero attached hydrogens (tertiary/aromatic N) is 1. The largest absolute Gasteiger partial charge is 0.467 e. The Morgan fingerprint density at radius 3 is 2.29 bits per heavy atom. The molecule has 1 atom stereocenters. The summed E-state index contributed by atoms with van der Waals surface area (Å²) >= 11 is 5.90. The molecule has 0 heterocycles. The summed E-state index contributed by atoms with van der Waals surface area (Å²) < 4.78 is 11.1. The van der Waals surface area contributed by atoms with E-state index in [0.29, 0.717) is 18.1 Å². The van der Waals surface area contributed by atoms with Gasteiger partial charge in [0.25, 0.3) is 0 Å². The number of esters is 1. The maximum Gasteiger partial charge on any atom is 0.333 e. The molecule has 6 heteroatoms. The van der Waals surface area contributed by atoms with E-state index in [2.05, 4.69) is 38.9 Å². The molecule has 0 saturated heterocycles. The zero-order chi connectivity index (χ0) is 21.4. The van der Waals surface area contributed by atoms with Gasteiger partial charge in [0.2, 0.25) is 0 Å². The van der Waals surface area contributed by atoms with E-state index in [9.17, 15) is 4.79 Å². The van der Waals surface area contributed by atoms with Crippen LogP contribution in [-0.2, 0) is 14.0 Å². The number of methoxy groups -OCH3 is 1. The molecule has 0 bridgehead atoms. The molecule has 4 nitrogen and oxygen atoms in total. The van der Waals surface area contributed by atoms with Gasteiger partial charge < -0.3 is 9.16 Å². The number of carbonyl (C=O) groups excluding carboxylic acids is 1. The molecule has 0 aliphatic rings. The molecule has 0 saturated carbocycles. The Morgan fingerprint density at radius 1 is 1.14 bits per heavy atom. The molecule has 1 rings (SSSR count). The van der Waals surface area contributed by atoms with Crippen molar-refractivity contribution in [2.75, 3.05) is 13.7 Å². The highest BCUT2D eigenvalue weighted by Gasteiger charge is 2.36. The Labute approximate surface area is 176 Å². The van der Waals surface area contributed by atoms with Crippen molar-refractivity contribution < 1.29 is 14.0 Å². The zero-order valence-corrected chi connectivity index (χ0v) is 20.0. The molecule has 0 fully saturated rings. The Bertz CT molecular complexity index is 693. The minimum Gasteiger partial charge on any atom is -0.467 e. The highest BCUT2D eigenvalue weighted by Crippen LogP contribution is 2.36. The van der Waals surface area contributed by atoms with Crippen molar-refractivity contribution in [2.45, 2.75) is 64.2 Å². The first-order chi connectivity index (χ1) is 12.9. The SMILES string of the molecule is COC(=O)C(C)(CC=CCCO[Si](C)(C)C(C)(C)C)N=Cc1ccc(Cl)cc1. The number of hydrogen-bond donors (Lipinski definition) is 0. The lowest BCUT2D eigenvalue weighted by Gasteiger charge is -2.36. The number of hydrogen-bond acceptors (Lipinski definition) is 4. The molecule has 28 heavy (non-hydrogen) atoms. The predicted molar refractivity (Wildman–Crippen MR) is 121 cm³/mol. The van der Waals surface area contributed by atoms with Gasteiger partial charge in [0.1, 0.15) is 0 Å². The summed E-state index contributed by atoms with van der Waals surface area (Å²) in [5.74, 6) is -0.361. The highest BCUT2D eigenvalue weighted by molar-refractivity contribution is 6.74. The number of aliphatic imine (C=N–C) groups is 1. The Morgan fingerprint density at radius 2 is 1.75 bits per heavy atom. The second-order valence-electron chi connectivity index (χ2n) is 8.65. The molecule has 0 radical (unpaired) electrons. The van der Waals surface area contributed by atoms with Crippen LogP contribution in [0.3, 0.4) is 0 Å². The second kappa shape index (κ2) is 10.4. The van der Waals surface area contributed by atoms with Crippen molar-refractivity contribution in [3.05, 3.63) is 47.0 Å². The first-order valence-electron chi connectivity index (χ1n) is 9.59. The van der Waals surface area contributed by atoms with Crippen LogP contribution in [0.25, 0.3) is 0 Å². The number of carbonyl (C=O) groups is 1. The van der Waals surface area contributed by atoms with Crippen LogP contribution in [0.1, 0.15) is 46.1 Å². The zero-order valence-electron chi connectivity index (χ0n) is 18.2. The Hall–Kier alpha value is -1.43. The third kappa shape index (κ3) is 7.53. The van der Waals surface area contributed by atoms with Crippen LogP contribution in [0.15, 0.2) is 41.4 Å². The summed E-state index contributed by atoms with van der Waals surface area (Å²) in [4.78, 5) is 16.8. The smallest absolute Gasteiger partial charge is 0.333 e. The molecule has 1 aromatic carbocycles. The van der Waals surface area contributed by atoms with E-state index in [-0.39, 0.29) is 11.0 Å². The van der Waals surface area contributed by atoms with Gasteiger partial charge in [-0.25, -0.2) is 4.79 Å². The summed E-state index contributed by atoms with van der Waals surface area (Å²) in [7, 11) is -0.336. The molecule has 0 aliphatic carbocycles. The van der Waals surface area contributed by atoms with Gasteiger partial charge in [-0.3, -0.25) is 4.99 Å². The molecular formula is C22H34ClNO3Si. The first kappa shape index (κ1) is 24.6. The Kier molecular flexibility index (Phi) is 9.12. The van der Waals surface area contributed by atoms with Gasteiger partial charge in [0, 0.05) is 24.3 Å². The minimum atomic E-state index is -1.72. The van der Waals surface area contributed by atoms with Gasteiger partial charge in [0.15, 0.2) is 13.9 Å². The highest BCUT2D eigenvalue weighted by atomic mass is 35.5. The third-order valence-corrected chi connectivity index (χ3v) is 10.0. The monoisotopic (exact) mass is 423 g/mol. The molecule has 1 unspecified atom stereocenters. The van der Waals surface area contributed by atoms with E-state index in [4.69, 9.17) is 20.8 Å². The van der Waals surface area contributed by atoms with Gasteiger partial charge in [-0.2, -0.15) is 0 Å². The van der Waals surface area contributed by atoms with Crippen LogP contribution < -0.4 is 0 Å². The van der Waals surface area contributed by atoms with Crippen LogP contribution in [-0.4, -0.2) is 39.8 Å². The molecule has 0 aliphatic heterocycles. The Balaban J connectivity index is 2.67. The molecular weight excluding hydrogens is 390 g/mol. The lowest BCUT2D eigenvalue weighted by molar-refractivity contribution is -0.146. The van der Waals surface area contributed by atoms with Gasteiger partial charge in [-0.1, -0.05) is 56.7 Å². The quantitative estimate of drug-likeness (QED) is 0.160. The van der Waals surface area contributed by atoms with Crippen LogP contribution in [0.4, 0.5) is 0 Å². The average Bonchev–Trinajstić information content (AvgIpc) is 2.62. The number of benzene rings is 1. The van der Waals surface area contributed by atoms with Crippen molar-refractivity contribution in [1.29, 1.82) is 0 Å². The van der Waals surface area contributed by atoms with Gasteiger partial charge >= 0.3 is 5.97 Å². The molecule has 1 aromatic rings. The molecule has 0 N–H and O–H groups in total. The maximum atomic E-state index is 12.3. The molecule has 0 aromatic heterocycles. The van der Waals surface area contributed by atoms with Crippen molar-refractivity contribution in [3.8, 4) is 0 Å². The van der Waals surface area contributed by atoms with E-state index < -0.39 is 13.9 Å². The topological polar surface area (TPSA) is 47.9 Å². The second-order valence-corrected chi connectivity index (χ2v) is 13.9. The summed E-state index contributed by atoms with van der Waals surface area (Å²) in [5, 5.41) is 0.868. The summed E-state index contributed by atoms with van der Waals surface area (Å²) in [5.41, 5.74) is -0.0863. The van der Waals surface area contributed by atoms with E-state index in [1.54, 1.807) is 25.3 Å². The van der Waals surface area contributed by atoms with Gasteiger partial charge in [0.05, 0.1) is 7.11 Å². The summed E-state index contributed by atoms with van der Waals surface area (Å²) in [6, 6.07) is 7.30. The van der Waals surface area contributed by atoms with E-state index in [1.807, 2.05) is 24.3 Å². The predicted octanol–water partition coefficient (Wildman–Crippen LogP) is 6.05. The standard InChI is InChI=1S/C22H34ClNO3Si/c1-21(2,3)28(6,7)27-16-10-8-9-15-22(4,20(25)26-5)24-17-18-11-13-19(23)14-12-18/h8-9,11-14,17H,10,15-16H2,1-7H3. The summed E-state index contributed by atoms with van der Waals surface area (Å²) in [6.45, 7) is 13.7.